The number of anilines is 1. The van der Waals surface area contributed by atoms with Gasteiger partial charge in [0.15, 0.2) is 11.5 Å². The van der Waals surface area contributed by atoms with Gasteiger partial charge in [-0.2, -0.15) is 0 Å². The lowest BCUT2D eigenvalue weighted by atomic mass is 10.1. The Morgan fingerprint density at radius 3 is 2.56 bits per heavy atom. The molecule has 0 spiro atoms. The minimum atomic E-state index is -0.586. The molecule has 0 radical (unpaired) electrons. The first-order valence-corrected chi connectivity index (χ1v) is 7.58. The van der Waals surface area contributed by atoms with Crippen LogP contribution in [-0.4, -0.2) is 26.1 Å². The molecule has 6 heteroatoms. The first-order valence-electron chi connectivity index (χ1n) is 7.58. The summed E-state index contributed by atoms with van der Waals surface area (Å²) in [4.78, 5) is 26.3. The Bertz CT molecular complexity index is 844. The third-order valence-electron chi connectivity index (χ3n) is 3.86. The Labute approximate surface area is 145 Å². The zero-order valence-corrected chi connectivity index (χ0v) is 13.9. The van der Waals surface area contributed by atoms with Crippen LogP contribution in [0.15, 0.2) is 54.8 Å². The van der Waals surface area contributed by atoms with Crippen LogP contribution in [0.3, 0.4) is 0 Å². The second-order valence-electron chi connectivity index (χ2n) is 5.42. The first-order chi connectivity index (χ1) is 12.0. The Hall–Kier alpha value is -3.28. The summed E-state index contributed by atoms with van der Waals surface area (Å²) in [6.07, 6.45) is 0. The molecule has 1 amide bonds. The van der Waals surface area contributed by atoms with E-state index in [0.29, 0.717) is 17.2 Å². The normalized spacial score (nSPS) is 13.1. The van der Waals surface area contributed by atoms with Crippen molar-refractivity contribution in [3.63, 3.8) is 0 Å². The van der Waals surface area contributed by atoms with Crippen LogP contribution in [0.25, 0.3) is 0 Å². The van der Waals surface area contributed by atoms with Crippen LogP contribution in [0.4, 0.5) is 5.69 Å². The van der Waals surface area contributed by atoms with E-state index in [0.717, 1.165) is 5.56 Å². The molecule has 128 valence electrons. The molecule has 1 aliphatic rings. The van der Waals surface area contributed by atoms with Gasteiger partial charge in [-0.05, 0) is 11.6 Å². The molecule has 2 aromatic rings. The number of nitrogens with zero attached hydrogens (tertiary/aromatic N) is 1. The van der Waals surface area contributed by atoms with E-state index in [1.165, 1.54) is 25.2 Å². The average molecular weight is 339 g/mol. The average Bonchev–Trinajstić information content (AvgIpc) is 2.64. The van der Waals surface area contributed by atoms with Gasteiger partial charge in [0.25, 0.3) is 5.91 Å². The number of hydrogen-bond donors (Lipinski definition) is 0. The Morgan fingerprint density at radius 1 is 1.20 bits per heavy atom. The number of carbonyl (C=O) groups is 2. The Balaban J connectivity index is 2.16. The van der Waals surface area contributed by atoms with Crippen LogP contribution >= 0.6 is 0 Å². The number of hydrogen-bond acceptors (Lipinski definition) is 5. The highest BCUT2D eigenvalue weighted by molar-refractivity contribution is 6.11. The summed E-state index contributed by atoms with van der Waals surface area (Å²) in [5.74, 6) is -0.280. The molecular weight excluding hydrogens is 322 g/mol. The monoisotopic (exact) mass is 339 g/mol. The fourth-order valence-corrected chi connectivity index (χ4v) is 2.67. The molecule has 0 bridgehead atoms. The fourth-order valence-electron chi connectivity index (χ4n) is 2.67. The van der Waals surface area contributed by atoms with Crippen molar-refractivity contribution in [1.82, 2.24) is 0 Å². The van der Waals surface area contributed by atoms with Gasteiger partial charge in [0.2, 0.25) is 0 Å². The van der Waals surface area contributed by atoms with E-state index < -0.39 is 11.9 Å². The van der Waals surface area contributed by atoms with Crippen LogP contribution in [-0.2, 0) is 16.1 Å². The summed E-state index contributed by atoms with van der Waals surface area (Å²) < 4.78 is 15.6. The van der Waals surface area contributed by atoms with Crippen molar-refractivity contribution in [1.29, 1.82) is 0 Å². The highest BCUT2D eigenvalue weighted by Crippen LogP contribution is 2.42. The standard InChI is InChI=1S/C19H17NO5/c1-12-18(21)20(11-13-7-5-4-6-8-13)17-15(19(22)24-3)9-14(23-2)10-16(17)25-12/h4-10H,1,11H2,2-3H3. The van der Waals surface area contributed by atoms with Gasteiger partial charge in [-0.15, -0.1) is 0 Å². The maximum Gasteiger partial charge on any atom is 0.340 e. The Morgan fingerprint density at radius 2 is 1.92 bits per heavy atom. The lowest BCUT2D eigenvalue weighted by Crippen LogP contribution is -2.37. The van der Waals surface area contributed by atoms with Crippen LogP contribution in [0.1, 0.15) is 15.9 Å². The summed E-state index contributed by atoms with van der Waals surface area (Å²) in [6, 6.07) is 12.6. The van der Waals surface area contributed by atoms with Gasteiger partial charge in [0.1, 0.15) is 11.4 Å². The van der Waals surface area contributed by atoms with Gasteiger partial charge in [-0.1, -0.05) is 36.9 Å². The molecule has 0 N–H and O–H groups in total. The molecular formula is C19H17NO5. The molecule has 0 atom stereocenters. The molecule has 1 aliphatic heterocycles. The second kappa shape index (κ2) is 6.68. The summed E-state index contributed by atoms with van der Waals surface area (Å²) in [6.45, 7) is 3.93. The van der Waals surface area contributed by atoms with Crippen LogP contribution in [0.5, 0.6) is 11.5 Å². The maximum absolute atomic E-state index is 12.6. The van der Waals surface area contributed by atoms with E-state index in [4.69, 9.17) is 14.2 Å². The van der Waals surface area contributed by atoms with Crippen LogP contribution in [0.2, 0.25) is 0 Å². The van der Waals surface area contributed by atoms with E-state index in [1.807, 2.05) is 30.3 Å². The molecule has 1 heterocycles. The SMILES string of the molecule is C=C1Oc2cc(OC)cc(C(=O)OC)c2N(Cc2ccccc2)C1=O. The summed E-state index contributed by atoms with van der Waals surface area (Å²) in [5, 5.41) is 0. The molecule has 0 saturated carbocycles. The summed E-state index contributed by atoms with van der Waals surface area (Å²) in [7, 11) is 2.76. The zero-order chi connectivity index (χ0) is 18.0. The zero-order valence-electron chi connectivity index (χ0n) is 13.9. The molecule has 3 rings (SSSR count). The van der Waals surface area contributed by atoms with Gasteiger partial charge in [-0.3, -0.25) is 9.69 Å². The van der Waals surface area contributed by atoms with Gasteiger partial charge in [-0.25, -0.2) is 4.79 Å². The van der Waals surface area contributed by atoms with Gasteiger partial charge in [0.05, 0.1) is 26.3 Å². The van der Waals surface area contributed by atoms with Crippen molar-refractivity contribution in [3.8, 4) is 11.5 Å². The van der Waals surface area contributed by atoms with Crippen molar-refractivity contribution < 1.29 is 23.8 Å². The van der Waals surface area contributed by atoms with Crippen LogP contribution < -0.4 is 14.4 Å². The molecule has 0 unspecified atom stereocenters. The second-order valence-corrected chi connectivity index (χ2v) is 5.42. The van der Waals surface area contributed by atoms with Crippen molar-refractivity contribution in [2.75, 3.05) is 19.1 Å². The number of ether oxygens (including phenoxy) is 3. The third kappa shape index (κ3) is 3.06. The molecule has 0 aromatic heterocycles. The van der Waals surface area contributed by atoms with E-state index in [2.05, 4.69) is 6.58 Å². The lowest BCUT2D eigenvalue weighted by molar-refractivity contribution is -0.117. The predicted octanol–water partition coefficient (Wildman–Crippen LogP) is 2.92. The Kier molecular flexibility index (Phi) is 4.43. The number of rotatable bonds is 4. The highest BCUT2D eigenvalue weighted by atomic mass is 16.5. The predicted molar refractivity (Wildman–Crippen MR) is 91.7 cm³/mol. The maximum atomic E-state index is 12.6. The van der Waals surface area contributed by atoms with Crippen molar-refractivity contribution in [2.24, 2.45) is 0 Å². The number of benzene rings is 2. The van der Waals surface area contributed by atoms with Crippen LogP contribution in [0, 0.1) is 0 Å². The van der Waals surface area contributed by atoms with E-state index >= 15 is 0 Å². The number of fused-ring (bicyclic) bond motifs is 1. The molecule has 0 fully saturated rings. The van der Waals surface area contributed by atoms with Crippen molar-refractivity contribution >= 4 is 17.6 Å². The molecule has 0 aliphatic carbocycles. The summed E-state index contributed by atoms with van der Waals surface area (Å²) >= 11 is 0. The van der Waals surface area contributed by atoms with E-state index in [1.54, 1.807) is 6.07 Å². The van der Waals surface area contributed by atoms with Gasteiger partial charge >= 0.3 is 5.97 Å². The molecule has 25 heavy (non-hydrogen) atoms. The van der Waals surface area contributed by atoms with E-state index in [-0.39, 0.29) is 17.9 Å². The largest absolute Gasteiger partial charge is 0.497 e. The van der Waals surface area contributed by atoms with Crippen molar-refractivity contribution in [2.45, 2.75) is 6.54 Å². The van der Waals surface area contributed by atoms with E-state index in [9.17, 15) is 9.59 Å². The van der Waals surface area contributed by atoms with Gasteiger partial charge in [0, 0.05) is 6.07 Å². The van der Waals surface area contributed by atoms with Crippen molar-refractivity contribution in [3.05, 3.63) is 65.9 Å². The van der Waals surface area contributed by atoms with Gasteiger partial charge < -0.3 is 14.2 Å². The number of carbonyl (C=O) groups excluding carboxylic acids is 2. The highest BCUT2D eigenvalue weighted by Gasteiger charge is 2.34. The minimum Gasteiger partial charge on any atom is -0.497 e. The minimum absolute atomic E-state index is 0.0208. The number of methoxy groups -OCH3 is 2. The molecule has 2 aromatic carbocycles. The molecule has 6 nitrogen and oxygen atoms in total. The lowest BCUT2D eigenvalue weighted by Gasteiger charge is -2.31. The number of amides is 1. The first kappa shape index (κ1) is 16.6. The fraction of sp³-hybridized carbons (Fsp3) is 0.158. The third-order valence-corrected chi connectivity index (χ3v) is 3.86. The summed E-state index contributed by atoms with van der Waals surface area (Å²) in [5.41, 5.74) is 1.44. The number of esters is 1. The smallest absolute Gasteiger partial charge is 0.340 e. The topological polar surface area (TPSA) is 65.1 Å². The molecule has 0 saturated heterocycles. The quantitative estimate of drug-likeness (QED) is 0.633.